The van der Waals surface area contributed by atoms with Gasteiger partial charge < -0.3 is 4.74 Å². The van der Waals surface area contributed by atoms with Crippen molar-refractivity contribution >= 4 is 0 Å². The zero-order valence-corrected chi connectivity index (χ0v) is 13.0. The van der Waals surface area contributed by atoms with Gasteiger partial charge in [-0.15, -0.1) is 0 Å². The lowest BCUT2D eigenvalue weighted by Gasteiger charge is -2.15. The zero-order chi connectivity index (χ0) is 14.6. The highest BCUT2D eigenvalue weighted by molar-refractivity contribution is 5.26. The molecule has 0 saturated carbocycles. The van der Waals surface area contributed by atoms with E-state index in [1.54, 1.807) is 0 Å². The Morgan fingerprint density at radius 3 is 2.50 bits per heavy atom. The van der Waals surface area contributed by atoms with Crippen molar-refractivity contribution in [1.82, 2.24) is 0 Å². The summed E-state index contributed by atoms with van der Waals surface area (Å²) in [6.07, 6.45) is 10.5. The molecule has 1 rings (SSSR count). The molecule has 110 valence electrons. The van der Waals surface area contributed by atoms with Crippen LogP contribution in [0.25, 0.3) is 0 Å². The Morgan fingerprint density at radius 2 is 1.90 bits per heavy atom. The standard InChI is InChI=1S/C19H28O/c1-4-7-8-10-13-17(5-2)16-19(20-6-3)18-14-11-9-12-15-18/h5,9,11-12,14-16,19H,2,4,6-8,10,13H2,1,3H3. The molecule has 0 heterocycles. The third-order valence-corrected chi connectivity index (χ3v) is 3.42. The van der Waals surface area contributed by atoms with Crippen LogP contribution >= 0.6 is 0 Å². The Bertz CT molecular complexity index is 391. The summed E-state index contributed by atoms with van der Waals surface area (Å²) >= 11 is 0. The number of unbranched alkanes of at least 4 members (excludes halogenated alkanes) is 3. The highest BCUT2D eigenvalue weighted by Gasteiger charge is 2.08. The molecule has 0 aliphatic heterocycles. The number of ether oxygens (including phenoxy) is 1. The van der Waals surface area contributed by atoms with E-state index in [4.69, 9.17) is 4.74 Å². The SMILES string of the molecule is C=CC(=CC(OCC)c1ccccc1)CCCCCC. The summed E-state index contributed by atoms with van der Waals surface area (Å²) in [4.78, 5) is 0. The van der Waals surface area contributed by atoms with Gasteiger partial charge in [0.1, 0.15) is 6.10 Å². The topological polar surface area (TPSA) is 9.23 Å². The highest BCUT2D eigenvalue weighted by atomic mass is 16.5. The van der Waals surface area contributed by atoms with E-state index < -0.39 is 0 Å². The maximum Gasteiger partial charge on any atom is 0.101 e. The molecule has 0 spiro atoms. The Kier molecular flexibility index (Phi) is 8.73. The smallest absolute Gasteiger partial charge is 0.101 e. The van der Waals surface area contributed by atoms with E-state index in [0.717, 1.165) is 13.0 Å². The Labute approximate surface area is 124 Å². The van der Waals surface area contributed by atoms with E-state index in [1.165, 1.54) is 36.8 Å². The monoisotopic (exact) mass is 272 g/mol. The van der Waals surface area contributed by atoms with Gasteiger partial charge in [-0.2, -0.15) is 0 Å². The molecule has 1 atom stereocenters. The first-order valence-corrected chi connectivity index (χ1v) is 7.81. The first-order chi connectivity index (χ1) is 9.81. The number of benzene rings is 1. The molecule has 1 unspecified atom stereocenters. The molecule has 0 radical (unpaired) electrons. The lowest BCUT2D eigenvalue weighted by molar-refractivity contribution is 0.0962. The van der Waals surface area contributed by atoms with Gasteiger partial charge in [0.2, 0.25) is 0 Å². The second-order valence-electron chi connectivity index (χ2n) is 5.04. The van der Waals surface area contributed by atoms with Crippen molar-refractivity contribution in [2.75, 3.05) is 6.61 Å². The van der Waals surface area contributed by atoms with E-state index in [0.29, 0.717) is 0 Å². The molecule has 0 aliphatic rings. The van der Waals surface area contributed by atoms with Crippen molar-refractivity contribution in [2.45, 2.75) is 52.1 Å². The molecule has 1 nitrogen and oxygen atoms in total. The zero-order valence-electron chi connectivity index (χ0n) is 13.0. The van der Waals surface area contributed by atoms with Crippen LogP contribution in [0, 0.1) is 0 Å². The fourth-order valence-electron chi connectivity index (χ4n) is 2.27. The van der Waals surface area contributed by atoms with Crippen LogP contribution in [0.15, 0.2) is 54.6 Å². The number of hydrogen-bond acceptors (Lipinski definition) is 1. The summed E-state index contributed by atoms with van der Waals surface area (Å²) in [6.45, 7) is 8.94. The van der Waals surface area contributed by atoms with Gasteiger partial charge in [0.25, 0.3) is 0 Å². The van der Waals surface area contributed by atoms with E-state index in [9.17, 15) is 0 Å². The van der Waals surface area contributed by atoms with Gasteiger partial charge >= 0.3 is 0 Å². The van der Waals surface area contributed by atoms with Gasteiger partial charge in [0.15, 0.2) is 0 Å². The maximum absolute atomic E-state index is 5.86. The third-order valence-electron chi connectivity index (χ3n) is 3.42. The number of rotatable bonds is 10. The molecule has 0 N–H and O–H groups in total. The van der Waals surface area contributed by atoms with Gasteiger partial charge in [0, 0.05) is 6.61 Å². The highest BCUT2D eigenvalue weighted by Crippen LogP contribution is 2.22. The summed E-state index contributed by atoms with van der Waals surface area (Å²) in [6, 6.07) is 10.4. The number of allylic oxidation sites excluding steroid dienone is 2. The molecule has 0 aliphatic carbocycles. The van der Waals surface area contributed by atoms with Crippen LogP contribution in [0.2, 0.25) is 0 Å². The molecule has 0 aromatic heterocycles. The van der Waals surface area contributed by atoms with Gasteiger partial charge in [-0.25, -0.2) is 0 Å². The minimum atomic E-state index is 0.0420. The lowest BCUT2D eigenvalue weighted by atomic mass is 10.0. The van der Waals surface area contributed by atoms with Crippen LogP contribution in [-0.2, 0) is 4.74 Å². The van der Waals surface area contributed by atoms with Crippen molar-refractivity contribution in [3.63, 3.8) is 0 Å². The van der Waals surface area contributed by atoms with Gasteiger partial charge in [-0.3, -0.25) is 0 Å². The van der Waals surface area contributed by atoms with Crippen LogP contribution in [0.3, 0.4) is 0 Å². The second-order valence-corrected chi connectivity index (χ2v) is 5.04. The minimum absolute atomic E-state index is 0.0420. The Balaban J connectivity index is 2.69. The molecule has 1 heteroatoms. The molecule has 0 saturated heterocycles. The lowest BCUT2D eigenvalue weighted by Crippen LogP contribution is -2.02. The minimum Gasteiger partial charge on any atom is -0.370 e. The summed E-state index contributed by atoms with van der Waals surface area (Å²) in [7, 11) is 0. The van der Waals surface area contributed by atoms with Gasteiger partial charge in [0.05, 0.1) is 0 Å². The molecule has 0 bridgehead atoms. The molecule has 1 aromatic carbocycles. The van der Waals surface area contributed by atoms with Crippen LogP contribution < -0.4 is 0 Å². The van der Waals surface area contributed by atoms with E-state index >= 15 is 0 Å². The van der Waals surface area contributed by atoms with Gasteiger partial charge in [-0.05, 0) is 37.0 Å². The van der Waals surface area contributed by atoms with E-state index in [2.05, 4.69) is 43.8 Å². The largest absolute Gasteiger partial charge is 0.370 e. The quantitative estimate of drug-likeness (QED) is 0.383. The summed E-state index contributed by atoms with van der Waals surface area (Å²) in [5.74, 6) is 0. The molecule has 0 amide bonds. The Hall–Kier alpha value is -1.34. The van der Waals surface area contributed by atoms with Crippen molar-refractivity contribution in [3.05, 3.63) is 60.2 Å². The molecular formula is C19H28O. The van der Waals surface area contributed by atoms with Crippen molar-refractivity contribution in [3.8, 4) is 0 Å². The van der Waals surface area contributed by atoms with Crippen molar-refractivity contribution in [2.24, 2.45) is 0 Å². The number of hydrogen-bond donors (Lipinski definition) is 0. The fourth-order valence-corrected chi connectivity index (χ4v) is 2.27. The summed E-state index contributed by atoms with van der Waals surface area (Å²) in [5.41, 5.74) is 2.51. The summed E-state index contributed by atoms with van der Waals surface area (Å²) < 4.78 is 5.86. The third kappa shape index (κ3) is 6.21. The van der Waals surface area contributed by atoms with Crippen molar-refractivity contribution < 1.29 is 4.74 Å². The molecular weight excluding hydrogens is 244 g/mol. The predicted octanol–water partition coefficient (Wildman–Crippen LogP) is 5.85. The van der Waals surface area contributed by atoms with E-state index in [-0.39, 0.29) is 6.10 Å². The van der Waals surface area contributed by atoms with Crippen LogP contribution in [0.1, 0.15) is 57.6 Å². The first kappa shape index (κ1) is 16.7. The predicted molar refractivity (Wildman–Crippen MR) is 87.8 cm³/mol. The average Bonchev–Trinajstić information content (AvgIpc) is 2.50. The Morgan fingerprint density at radius 1 is 1.15 bits per heavy atom. The van der Waals surface area contributed by atoms with Crippen LogP contribution in [0.5, 0.6) is 0 Å². The van der Waals surface area contributed by atoms with Crippen molar-refractivity contribution in [1.29, 1.82) is 0 Å². The average molecular weight is 272 g/mol. The first-order valence-electron chi connectivity index (χ1n) is 7.81. The second kappa shape index (κ2) is 10.4. The molecule has 1 aromatic rings. The molecule has 0 fully saturated rings. The fraction of sp³-hybridized carbons (Fsp3) is 0.474. The molecule has 20 heavy (non-hydrogen) atoms. The summed E-state index contributed by atoms with van der Waals surface area (Å²) in [5, 5.41) is 0. The van der Waals surface area contributed by atoms with Crippen LogP contribution in [-0.4, -0.2) is 6.61 Å². The van der Waals surface area contributed by atoms with Crippen LogP contribution in [0.4, 0.5) is 0 Å². The maximum atomic E-state index is 5.86. The normalized spacial score (nSPS) is 13.2. The van der Waals surface area contributed by atoms with E-state index in [1.807, 2.05) is 19.1 Å². The van der Waals surface area contributed by atoms with Gasteiger partial charge in [-0.1, -0.05) is 69.2 Å².